The topological polar surface area (TPSA) is 15.3 Å². The first-order chi connectivity index (χ1) is 8.34. The average molecular weight is 236 g/mol. The van der Waals surface area contributed by atoms with Crippen LogP contribution in [0.15, 0.2) is 0 Å². The third-order valence-electron chi connectivity index (χ3n) is 5.27. The van der Waals surface area contributed by atoms with Crippen molar-refractivity contribution in [3.63, 3.8) is 0 Å². The third-order valence-corrected chi connectivity index (χ3v) is 5.27. The summed E-state index contributed by atoms with van der Waals surface area (Å²) in [6.07, 6.45) is 8.88. The summed E-state index contributed by atoms with van der Waals surface area (Å²) in [7, 11) is 0. The van der Waals surface area contributed by atoms with Crippen molar-refractivity contribution < 1.29 is 0 Å². The molecule has 3 rings (SSSR count). The summed E-state index contributed by atoms with van der Waals surface area (Å²) in [4.78, 5) is 2.62. The number of rotatable bonds is 5. The van der Waals surface area contributed by atoms with Crippen LogP contribution in [0.1, 0.15) is 45.4 Å². The first-order valence-corrected chi connectivity index (χ1v) is 7.80. The first-order valence-electron chi connectivity index (χ1n) is 7.80. The van der Waals surface area contributed by atoms with Gasteiger partial charge in [0.25, 0.3) is 0 Å². The SMILES string of the molecule is CC(CN1CCCC1)NCC1C2CCCCC21. The van der Waals surface area contributed by atoms with E-state index in [1.54, 1.807) is 0 Å². The largest absolute Gasteiger partial charge is 0.313 e. The Bertz CT molecular complexity index is 235. The smallest absolute Gasteiger partial charge is 0.0166 e. The summed E-state index contributed by atoms with van der Waals surface area (Å²) in [6.45, 7) is 7.60. The van der Waals surface area contributed by atoms with Crippen molar-refractivity contribution in [2.45, 2.75) is 51.5 Å². The molecule has 1 heterocycles. The molecule has 3 atom stereocenters. The number of fused-ring (bicyclic) bond motifs is 1. The van der Waals surface area contributed by atoms with Gasteiger partial charge in [-0.2, -0.15) is 0 Å². The van der Waals surface area contributed by atoms with Gasteiger partial charge in [-0.25, -0.2) is 0 Å². The minimum absolute atomic E-state index is 0.691. The molecule has 98 valence electrons. The van der Waals surface area contributed by atoms with E-state index in [0.717, 1.165) is 17.8 Å². The highest BCUT2D eigenvalue weighted by atomic mass is 15.2. The zero-order chi connectivity index (χ0) is 11.7. The van der Waals surface area contributed by atoms with E-state index in [9.17, 15) is 0 Å². The fraction of sp³-hybridized carbons (Fsp3) is 1.00. The van der Waals surface area contributed by atoms with E-state index >= 15 is 0 Å². The van der Waals surface area contributed by atoms with Gasteiger partial charge < -0.3 is 10.2 Å². The highest BCUT2D eigenvalue weighted by Crippen LogP contribution is 2.54. The summed E-state index contributed by atoms with van der Waals surface area (Å²) in [5.41, 5.74) is 0. The van der Waals surface area contributed by atoms with Crippen LogP contribution >= 0.6 is 0 Å². The van der Waals surface area contributed by atoms with Crippen LogP contribution in [-0.2, 0) is 0 Å². The van der Waals surface area contributed by atoms with Crippen LogP contribution in [0.2, 0.25) is 0 Å². The molecule has 0 aromatic heterocycles. The Labute approximate surface area is 106 Å². The Morgan fingerprint density at radius 3 is 2.35 bits per heavy atom. The molecule has 3 unspecified atom stereocenters. The van der Waals surface area contributed by atoms with Crippen molar-refractivity contribution in [3.8, 4) is 0 Å². The van der Waals surface area contributed by atoms with Gasteiger partial charge in [0.2, 0.25) is 0 Å². The van der Waals surface area contributed by atoms with Crippen molar-refractivity contribution in [1.29, 1.82) is 0 Å². The zero-order valence-electron chi connectivity index (χ0n) is 11.3. The van der Waals surface area contributed by atoms with Gasteiger partial charge in [-0.3, -0.25) is 0 Å². The molecule has 2 heteroatoms. The van der Waals surface area contributed by atoms with E-state index < -0.39 is 0 Å². The molecule has 17 heavy (non-hydrogen) atoms. The monoisotopic (exact) mass is 236 g/mol. The second-order valence-electron chi connectivity index (χ2n) is 6.59. The molecule has 0 spiro atoms. The molecule has 3 aliphatic rings. The summed E-state index contributed by atoms with van der Waals surface area (Å²) < 4.78 is 0. The Morgan fingerprint density at radius 2 is 1.71 bits per heavy atom. The molecule has 0 aromatic rings. The van der Waals surface area contributed by atoms with Gasteiger partial charge in [0, 0.05) is 12.6 Å². The molecule has 1 saturated heterocycles. The van der Waals surface area contributed by atoms with Crippen molar-refractivity contribution >= 4 is 0 Å². The van der Waals surface area contributed by atoms with Crippen LogP contribution < -0.4 is 5.32 Å². The molecule has 2 nitrogen and oxygen atoms in total. The van der Waals surface area contributed by atoms with Crippen LogP contribution in [0.5, 0.6) is 0 Å². The highest BCUT2D eigenvalue weighted by Gasteiger charge is 2.49. The van der Waals surface area contributed by atoms with Crippen molar-refractivity contribution in [1.82, 2.24) is 10.2 Å². The van der Waals surface area contributed by atoms with Crippen LogP contribution in [0.4, 0.5) is 0 Å². The van der Waals surface area contributed by atoms with Crippen LogP contribution in [-0.4, -0.2) is 37.1 Å². The lowest BCUT2D eigenvalue weighted by atomic mass is 10.0. The Hall–Kier alpha value is -0.0800. The van der Waals surface area contributed by atoms with E-state index in [4.69, 9.17) is 0 Å². The number of hydrogen-bond acceptors (Lipinski definition) is 2. The first kappa shape index (κ1) is 12.0. The van der Waals surface area contributed by atoms with E-state index in [1.165, 1.54) is 64.7 Å². The summed E-state index contributed by atoms with van der Waals surface area (Å²) in [5, 5.41) is 3.79. The normalized spacial score (nSPS) is 39.0. The van der Waals surface area contributed by atoms with E-state index in [2.05, 4.69) is 17.1 Å². The maximum Gasteiger partial charge on any atom is 0.0166 e. The molecule has 1 N–H and O–H groups in total. The lowest BCUT2D eigenvalue weighted by Gasteiger charge is -2.21. The average Bonchev–Trinajstić information content (AvgIpc) is 2.80. The maximum atomic E-state index is 3.79. The number of nitrogens with zero attached hydrogens (tertiary/aromatic N) is 1. The second-order valence-corrected chi connectivity index (χ2v) is 6.59. The number of hydrogen-bond donors (Lipinski definition) is 1. The predicted octanol–water partition coefficient (Wildman–Crippen LogP) is 2.50. The lowest BCUT2D eigenvalue weighted by Crippen LogP contribution is -2.39. The van der Waals surface area contributed by atoms with Gasteiger partial charge in [0.05, 0.1) is 0 Å². The van der Waals surface area contributed by atoms with E-state index in [0.29, 0.717) is 6.04 Å². The molecule has 0 bridgehead atoms. The summed E-state index contributed by atoms with van der Waals surface area (Å²) >= 11 is 0. The minimum atomic E-state index is 0.691. The molecule has 1 aliphatic heterocycles. The van der Waals surface area contributed by atoms with Gasteiger partial charge in [0.1, 0.15) is 0 Å². The molecule has 3 fully saturated rings. The van der Waals surface area contributed by atoms with Crippen molar-refractivity contribution in [2.75, 3.05) is 26.2 Å². The van der Waals surface area contributed by atoms with Crippen molar-refractivity contribution in [2.24, 2.45) is 17.8 Å². The van der Waals surface area contributed by atoms with Crippen LogP contribution in [0, 0.1) is 17.8 Å². The molecular weight excluding hydrogens is 208 g/mol. The summed E-state index contributed by atoms with van der Waals surface area (Å²) in [6, 6.07) is 0.691. The lowest BCUT2D eigenvalue weighted by molar-refractivity contribution is 0.296. The zero-order valence-corrected chi connectivity index (χ0v) is 11.3. The van der Waals surface area contributed by atoms with Crippen LogP contribution in [0.3, 0.4) is 0 Å². The third kappa shape index (κ3) is 2.85. The quantitative estimate of drug-likeness (QED) is 0.789. The van der Waals surface area contributed by atoms with Gasteiger partial charge in [0.15, 0.2) is 0 Å². The molecule has 0 amide bonds. The minimum Gasteiger partial charge on any atom is -0.313 e. The Kier molecular flexibility index (Phi) is 3.72. The van der Waals surface area contributed by atoms with Crippen LogP contribution in [0.25, 0.3) is 0 Å². The fourth-order valence-electron chi connectivity index (χ4n) is 4.20. The van der Waals surface area contributed by atoms with Gasteiger partial charge in [-0.05, 0) is 70.0 Å². The molecule has 0 radical (unpaired) electrons. The standard InChI is InChI=1S/C15H28N2/c1-12(11-17-8-4-5-9-17)16-10-15-13-6-2-3-7-14(13)15/h12-16H,2-11H2,1H3. The summed E-state index contributed by atoms with van der Waals surface area (Å²) in [5.74, 6) is 3.25. The molecule has 2 aliphatic carbocycles. The predicted molar refractivity (Wildman–Crippen MR) is 72.1 cm³/mol. The Morgan fingerprint density at radius 1 is 1.06 bits per heavy atom. The molecular formula is C15H28N2. The Balaban J connectivity index is 1.34. The highest BCUT2D eigenvalue weighted by molar-refractivity contribution is 5.00. The molecule has 2 saturated carbocycles. The van der Waals surface area contributed by atoms with Gasteiger partial charge in [-0.15, -0.1) is 0 Å². The second kappa shape index (κ2) is 5.27. The van der Waals surface area contributed by atoms with Gasteiger partial charge >= 0.3 is 0 Å². The van der Waals surface area contributed by atoms with E-state index in [1.807, 2.05) is 0 Å². The van der Waals surface area contributed by atoms with E-state index in [-0.39, 0.29) is 0 Å². The number of likely N-dealkylation sites (tertiary alicyclic amines) is 1. The van der Waals surface area contributed by atoms with Crippen molar-refractivity contribution in [3.05, 3.63) is 0 Å². The van der Waals surface area contributed by atoms with Gasteiger partial charge in [-0.1, -0.05) is 12.8 Å². The number of nitrogens with one attached hydrogen (secondary N) is 1. The molecule has 0 aromatic carbocycles. The fourth-order valence-corrected chi connectivity index (χ4v) is 4.20. The maximum absolute atomic E-state index is 3.79.